The SMILES string of the molecule is CCc1nnc(SCC(=O)O)n1Cc1ccoc1. The number of carboxylic acid groups (broad SMARTS) is 1. The summed E-state index contributed by atoms with van der Waals surface area (Å²) >= 11 is 1.17. The molecule has 1 N–H and O–H groups in total. The Hall–Kier alpha value is -1.76. The summed E-state index contributed by atoms with van der Waals surface area (Å²) in [6.07, 6.45) is 4.01. The van der Waals surface area contributed by atoms with Crippen molar-refractivity contribution < 1.29 is 14.3 Å². The van der Waals surface area contributed by atoms with Crippen molar-refractivity contribution in [2.24, 2.45) is 0 Å². The molecule has 7 heteroatoms. The molecule has 2 aromatic rings. The van der Waals surface area contributed by atoms with E-state index in [1.54, 1.807) is 12.5 Å². The highest BCUT2D eigenvalue weighted by atomic mass is 32.2. The molecule has 2 rings (SSSR count). The molecule has 0 saturated carbocycles. The van der Waals surface area contributed by atoms with Crippen LogP contribution in [0.4, 0.5) is 0 Å². The number of nitrogens with zero attached hydrogens (tertiary/aromatic N) is 3. The normalized spacial score (nSPS) is 10.7. The number of rotatable bonds is 6. The zero-order valence-electron chi connectivity index (χ0n) is 9.87. The molecule has 96 valence electrons. The lowest BCUT2D eigenvalue weighted by molar-refractivity contribution is -0.133. The second kappa shape index (κ2) is 5.72. The van der Waals surface area contributed by atoms with Crippen molar-refractivity contribution in [1.29, 1.82) is 0 Å². The number of hydrogen-bond acceptors (Lipinski definition) is 5. The van der Waals surface area contributed by atoms with Gasteiger partial charge < -0.3 is 14.1 Å². The number of carbonyl (C=O) groups is 1. The first-order chi connectivity index (χ1) is 8.70. The summed E-state index contributed by atoms with van der Waals surface area (Å²) in [5, 5.41) is 17.4. The summed E-state index contributed by atoms with van der Waals surface area (Å²) in [6, 6.07) is 1.87. The van der Waals surface area contributed by atoms with Crippen molar-refractivity contribution >= 4 is 17.7 Å². The molecule has 0 saturated heterocycles. The van der Waals surface area contributed by atoms with Crippen molar-refractivity contribution in [3.8, 4) is 0 Å². The molecule has 0 aliphatic rings. The van der Waals surface area contributed by atoms with Gasteiger partial charge in [0.15, 0.2) is 5.16 Å². The van der Waals surface area contributed by atoms with Gasteiger partial charge in [-0.15, -0.1) is 10.2 Å². The minimum atomic E-state index is -0.865. The maximum atomic E-state index is 10.6. The lowest BCUT2D eigenvalue weighted by atomic mass is 10.3. The Bertz CT molecular complexity index is 522. The summed E-state index contributed by atoms with van der Waals surface area (Å²) in [4.78, 5) is 10.6. The maximum absolute atomic E-state index is 10.6. The van der Waals surface area contributed by atoms with Crippen LogP contribution in [0.5, 0.6) is 0 Å². The highest BCUT2D eigenvalue weighted by molar-refractivity contribution is 7.99. The largest absolute Gasteiger partial charge is 0.481 e. The van der Waals surface area contributed by atoms with Gasteiger partial charge in [-0.2, -0.15) is 0 Å². The first-order valence-corrected chi connectivity index (χ1v) is 6.47. The minimum absolute atomic E-state index is 0.0206. The van der Waals surface area contributed by atoms with E-state index in [1.807, 2.05) is 17.6 Å². The predicted molar refractivity (Wildman–Crippen MR) is 65.6 cm³/mol. The highest BCUT2D eigenvalue weighted by Gasteiger charge is 2.13. The van der Waals surface area contributed by atoms with Crippen molar-refractivity contribution in [1.82, 2.24) is 14.8 Å². The van der Waals surface area contributed by atoms with Gasteiger partial charge in [-0.25, -0.2) is 0 Å². The quantitative estimate of drug-likeness (QED) is 0.802. The number of hydrogen-bond donors (Lipinski definition) is 1. The van der Waals surface area contributed by atoms with Gasteiger partial charge in [-0.05, 0) is 6.07 Å². The first kappa shape index (κ1) is 12.7. The molecule has 18 heavy (non-hydrogen) atoms. The highest BCUT2D eigenvalue weighted by Crippen LogP contribution is 2.19. The van der Waals surface area contributed by atoms with E-state index in [2.05, 4.69) is 10.2 Å². The van der Waals surface area contributed by atoms with E-state index in [0.29, 0.717) is 11.7 Å². The monoisotopic (exact) mass is 267 g/mol. The van der Waals surface area contributed by atoms with Crippen LogP contribution in [0.3, 0.4) is 0 Å². The number of furan rings is 1. The minimum Gasteiger partial charge on any atom is -0.481 e. The van der Waals surface area contributed by atoms with E-state index in [0.717, 1.165) is 17.8 Å². The van der Waals surface area contributed by atoms with Crippen LogP contribution in [0.1, 0.15) is 18.3 Å². The van der Waals surface area contributed by atoms with Crippen LogP contribution in [0.2, 0.25) is 0 Å². The van der Waals surface area contributed by atoms with Crippen LogP contribution in [0, 0.1) is 0 Å². The van der Waals surface area contributed by atoms with Crippen LogP contribution < -0.4 is 0 Å². The third-order valence-corrected chi connectivity index (χ3v) is 3.31. The Kier molecular flexibility index (Phi) is 4.03. The van der Waals surface area contributed by atoms with Gasteiger partial charge in [0.1, 0.15) is 5.82 Å². The molecule has 2 aromatic heterocycles. The van der Waals surface area contributed by atoms with Crippen LogP contribution in [0.25, 0.3) is 0 Å². The van der Waals surface area contributed by atoms with Crippen molar-refractivity contribution in [2.45, 2.75) is 25.0 Å². The van der Waals surface area contributed by atoms with Gasteiger partial charge in [0.2, 0.25) is 0 Å². The van der Waals surface area contributed by atoms with Crippen LogP contribution in [-0.2, 0) is 17.8 Å². The number of thioether (sulfide) groups is 1. The summed E-state index contributed by atoms with van der Waals surface area (Å²) in [7, 11) is 0. The molecule has 0 fully saturated rings. The van der Waals surface area contributed by atoms with Gasteiger partial charge in [0, 0.05) is 12.0 Å². The molecular formula is C11H13N3O3S. The number of aryl methyl sites for hydroxylation is 1. The number of carboxylic acids is 1. The fourth-order valence-electron chi connectivity index (χ4n) is 1.54. The van der Waals surface area contributed by atoms with Crippen LogP contribution >= 0.6 is 11.8 Å². The fourth-order valence-corrected chi connectivity index (χ4v) is 2.21. The van der Waals surface area contributed by atoms with Gasteiger partial charge in [-0.1, -0.05) is 18.7 Å². The average molecular weight is 267 g/mol. The van der Waals surface area contributed by atoms with Crippen LogP contribution in [-0.4, -0.2) is 31.6 Å². The Morgan fingerprint density at radius 3 is 3.00 bits per heavy atom. The third-order valence-electron chi connectivity index (χ3n) is 2.36. The second-order valence-electron chi connectivity index (χ2n) is 3.65. The van der Waals surface area contributed by atoms with E-state index >= 15 is 0 Å². The van der Waals surface area contributed by atoms with Crippen molar-refractivity contribution in [2.75, 3.05) is 5.75 Å². The lowest BCUT2D eigenvalue weighted by Crippen LogP contribution is -2.07. The molecule has 6 nitrogen and oxygen atoms in total. The molecule has 0 radical (unpaired) electrons. The van der Waals surface area contributed by atoms with Crippen molar-refractivity contribution in [3.05, 3.63) is 30.0 Å². The Morgan fingerprint density at radius 1 is 1.56 bits per heavy atom. The van der Waals surface area contributed by atoms with Gasteiger partial charge in [-0.3, -0.25) is 4.79 Å². The summed E-state index contributed by atoms with van der Waals surface area (Å²) in [5.74, 6) is -0.0484. The average Bonchev–Trinajstić information content (AvgIpc) is 2.97. The Labute approximate surface area is 108 Å². The van der Waals surface area contributed by atoms with Crippen molar-refractivity contribution in [3.63, 3.8) is 0 Å². The summed E-state index contributed by atoms with van der Waals surface area (Å²) in [5.41, 5.74) is 1.00. The molecule has 0 aliphatic carbocycles. The van der Waals surface area contributed by atoms with E-state index < -0.39 is 5.97 Å². The smallest absolute Gasteiger partial charge is 0.313 e. The molecule has 0 bridgehead atoms. The lowest BCUT2D eigenvalue weighted by Gasteiger charge is -2.06. The van der Waals surface area contributed by atoms with E-state index in [4.69, 9.17) is 9.52 Å². The fraction of sp³-hybridized carbons (Fsp3) is 0.364. The molecule has 2 heterocycles. The summed E-state index contributed by atoms with van der Waals surface area (Å²) in [6.45, 7) is 2.58. The van der Waals surface area contributed by atoms with E-state index in [-0.39, 0.29) is 5.75 Å². The standard InChI is InChI=1S/C11H13N3O3S/c1-2-9-12-13-11(18-7-10(15)16)14(9)5-8-3-4-17-6-8/h3-4,6H,2,5,7H2,1H3,(H,15,16). The Balaban J connectivity index is 2.19. The number of aliphatic carboxylic acids is 1. The van der Waals surface area contributed by atoms with Gasteiger partial charge in [0.05, 0.1) is 24.8 Å². The van der Waals surface area contributed by atoms with Gasteiger partial charge >= 0.3 is 5.97 Å². The predicted octanol–water partition coefficient (Wildman–Crippen LogP) is 1.66. The molecule has 0 atom stereocenters. The zero-order valence-corrected chi connectivity index (χ0v) is 10.7. The van der Waals surface area contributed by atoms with E-state index in [9.17, 15) is 4.79 Å². The molecule has 0 aliphatic heterocycles. The molecule has 0 spiro atoms. The Morgan fingerprint density at radius 2 is 2.39 bits per heavy atom. The van der Waals surface area contributed by atoms with Gasteiger partial charge in [0.25, 0.3) is 0 Å². The first-order valence-electron chi connectivity index (χ1n) is 5.48. The second-order valence-corrected chi connectivity index (χ2v) is 4.60. The molecule has 0 amide bonds. The third kappa shape index (κ3) is 2.92. The van der Waals surface area contributed by atoms with E-state index in [1.165, 1.54) is 11.8 Å². The molecular weight excluding hydrogens is 254 g/mol. The maximum Gasteiger partial charge on any atom is 0.313 e. The zero-order chi connectivity index (χ0) is 13.0. The summed E-state index contributed by atoms with van der Waals surface area (Å²) < 4.78 is 6.93. The number of aromatic nitrogens is 3. The topological polar surface area (TPSA) is 81.1 Å². The van der Waals surface area contributed by atoms with Crippen LogP contribution in [0.15, 0.2) is 28.2 Å². The molecule has 0 unspecified atom stereocenters. The molecule has 0 aromatic carbocycles.